The van der Waals surface area contributed by atoms with Gasteiger partial charge in [-0.25, -0.2) is 0 Å². The summed E-state index contributed by atoms with van der Waals surface area (Å²) in [6.07, 6.45) is 2.55. The topological polar surface area (TPSA) is 20.2 Å². The Labute approximate surface area is 89.7 Å². The first kappa shape index (κ1) is 10.0. The molecule has 14 heavy (non-hydrogen) atoms. The summed E-state index contributed by atoms with van der Waals surface area (Å²) in [6, 6.07) is 6.01. The Kier molecular flexibility index (Phi) is 2.32. The molecule has 0 saturated heterocycles. The van der Waals surface area contributed by atoms with Crippen LogP contribution in [-0.4, -0.2) is 5.11 Å². The van der Waals surface area contributed by atoms with Crippen molar-refractivity contribution in [2.24, 2.45) is 0 Å². The Balaban J connectivity index is 2.35. The van der Waals surface area contributed by atoms with Gasteiger partial charge < -0.3 is 5.11 Å². The van der Waals surface area contributed by atoms with Crippen LogP contribution in [-0.2, 0) is 5.60 Å². The van der Waals surface area contributed by atoms with Gasteiger partial charge in [-0.1, -0.05) is 23.7 Å². The lowest BCUT2D eigenvalue weighted by Crippen LogP contribution is -2.16. The second-order valence-electron chi connectivity index (χ2n) is 4.57. The summed E-state index contributed by atoms with van der Waals surface area (Å²) in [4.78, 5) is 0. The number of benzene rings is 1. The van der Waals surface area contributed by atoms with E-state index in [-0.39, 0.29) is 0 Å². The largest absolute Gasteiger partial charge is 0.386 e. The van der Waals surface area contributed by atoms with Gasteiger partial charge in [-0.15, -0.1) is 0 Å². The van der Waals surface area contributed by atoms with Crippen LogP contribution >= 0.6 is 11.6 Å². The maximum atomic E-state index is 9.83. The lowest BCUT2D eigenvalue weighted by Gasteiger charge is -2.19. The molecule has 0 amide bonds. The van der Waals surface area contributed by atoms with Crippen LogP contribution in [0.15, 0.2) is 18.2 Å². The van der Waals surface area contributed by atoms with E-state index in [1.165, 1.54) is 18.4 Å². The molecule has 1 aliphatic rings. The molecule has 0 unspecified atom stereocenters. The van der Waals surface area contributed by atoms with Gasteiger partial charge in [0.15, 0.2) is 0 Å². The third-order valence-electron chi connectivity index (χ3n) is 2.70. The third kappa shape index (κ3) is 1.94. The molecule has 0 bridgehead atoms. The first-order valence-corrected chi connectivity index (χ1v) is 5.38. The number of halogens is 1. The minimum atomic E-state index is -0.848. The Morgan fingerprint density at radius 2 is 2.00 bits per heavy atom. The quantitative estimate of drug-likeness (QED) is 0.793. The molecular weight excluding hydrogens is 196 g/mol. The van der Waals surface area contributed by atoms with Gasteiger partial charge in [0.25, 0.3) is 0 Å². The zero-order chi connectivity index (χ0) is 10.3. The summed E-state index contributed by atoms with van der Waals surface area (Å²) < 4.78 is 0. The summed E-state index contributed by atoms with van der Waals surface area (Å²) in [6.45, 7) is 3.51. The van der Waals surface area contributed by atoms with Crippen LogP contribution in [0.4, 0.5) is 0 Å². The summed E-state index contributed by atoms with van der Waals surface area (Å²) >= 11 is 6.13. The van der Waals surface area contributed by atoms with Crippen LogP contribution in [0.1, 0.15) is 43.7 Å². The number of aliphatic hydroxyl groups is 1. The van der Waals surface area contributed by atoms with Crippen molar-refractivity contribution < 1.29 is 5.11 Å². The van der Waals surface area contributed by atoms with E-state index in [2.05, 4.69) is 6.07 Å². The van der Waals surface area contributed by atoms with Crippen molar-refractivity contribution >= 4 is 11.6 Å². The van der Waals surface area contributed by atoms with Crippen molar-refractivity contribution in [2.75, 3.05) is 0 Å². The van der Waals surface area contributed by atoms with Crippen LogP contribution in [0.2, 0.25) is 5.02 Å². The summed E-state index contributed by atoms with van der Waals surface area (Å²) in [7, 11) is 0. The molecule has 0 heterocycles. The fraction of sp³-hybridized carbons (Fsp3) is 0.500. The standard InChI is InChI=1S/C12H15ClO/c1-12(2,14)10-6-5-9(7-11(10)13)8-3-4-8/h5-8,14H,3-4H2,1-2H3. The molecule has 1 nitrogen and oxygen atoms in total. The molecule has 1 aromatic carbocycles. The van der Waals surface area contributed by atoms with E-state index >= 15 is 0 Å². The molecule has 2 heteroatoms. The Morgan fingerprint density at radius 3 is 2.43 bits per heavy atom. The average molecular weight is 211 g/mol. The Hall–Kier alpha value is -0.530. The molecule has 1 N–H and O–H groups in total. The number of rotatable bonds is 2. The molecule has 1 aromatic rings. The predicted molar refractivity (Wildman–Crippen MR) is 58.7 cm³/mol. The molecule has 0 radical (unpaired) electrons. The summed E-state index contributed by atoms with van der Waals surface area (Å²) in [5, 5.41) is 10.5. The Morgan fingerprint density at radius 1 is 1.36 bits per heavy atom. The van der Waals surface area contributed by atoms with Gasteiger partial charge in [0.1, 0.15) is 0 Å². The van der Waals surface area contributed by atoms with E-state index in [0.717, 1.165) is 5.56 Å². The van der Waals surface area contributed by atoms with Gasteiger partial charge in [0.05, 0.1) is 5.60 Å². The fourth-order valence-electron chi connectivity index (χ4n) is 1.70. The minimum Gasteiger partial charge on any atom is -0.386 e. The smallest absolute Gasteiger partial charge is 0.0854 e. The molecule has 0 aromatic heterocycles. The molecule has 0 atom stereocenters. The number of hydrogen-bond donors (Lipinski definition) is 1. The van der Waals surface area contributed by atoms with E-state index in [0.29, 0.717) is 10.9 Å². The maximum absolute atomic E-state index is 9.83. The van der Waals surface area contributed by atoms with E-state index in [9.17, 15) is 5.11 Å². The first-order chi connectivity index (χ1) is 6.48. The normalized spacial score (nSPS) is 17.1. The second kappa shape index (κ2) is 3.25. The molecule has 1 aliphatic carbocycles. The van der Waals surface area contributed by atoms with Crippen LogP contribution in [0.25, 0.3) is 0 Å². The first-order valence-electron chi connectivity index (χ1n) is 5.01. The van der Waals surface area contributed by atoms with Gasteiger partial charge >= 0.3 is 0 Å². The van der Waals surface area contributed by atoms with Gasteiger partial charge in [0, 0.05) is 10.6 Å². The van der Waals surface area contributed by atoms with Crippen molar-refractivity contribution in [1.29, 1.82) is 0 Å². The van der Waals surface area contributed by atoms with Crippen LogP contribution in [0.3, 0.4) is 0 Å². The van der Waals surface area contributed by atoms with Gasteiger partial charge in [-0.05, 0) is 44.2 Å². The number of hydrogen-bond acceptors (Lipinski definition) is 1. The van der Waals surface area contributed by atoms with Gasteiger partial charge in [-0.2, -0.15) is 0 Å². The summed E-state index contributed by atoms with van der Waals surface area (Å²) in [5.41, 5.74) is 1.27. The highest BCUT2D eigenvalue weighted by molar-refractivity contribution is 6.31. The van der Waals surface area contributed by atoms with Crippen molar-refractivity contribution in [3.8, 4) is 0 Å². The molecule has 0 spiro atoms. The molecular formula is C12H15ClO. The van der Waals surface area contributed by atoms with Crippen LogP contribution in [0, 0.1) is 0 Å². The SMILES string of the molecule is CC(C)(O)c1ccc(C2CC2)cc1Cl. The van der Waals surface area contributed by atoms with Crippen molar-refractivity contribution in [1.82, 2.24) is 0 Å². The van der Waals surface area contributed by atoms with E-state index in [1.807, 2.05) is 12.1 Å². The van der Waals surface area contributed by atoms with Crippen molar-refractivity contribution in [3.05, 3.63) is 34.3 Å². The molecule has 76 valence electrons. The van der Waals surface area contributed by atoms with Crippen molar-refractivity contribution in [2.45, 2.75) is 38.2 Å². The molecule has 2 rings (SSSR count). The highest BCUT2D eigenvalue weighted by Gasteiger charge is 2.26. The Bertz CT molecular complexity index is 348. The second-order valence-corrected chi connectivity index (χ2v) is 4.98. The predicted octanol–water partition coefficient (Wildman–Crippen LogP) is 3.44. The summed E-state index contributed by atoms with van der Waals surface area (Å²) in [5.74, 6) is 0.711. The zero-order valence-electron chi connectivity index (χ0n) is 8.55. The molecule has 0 aliphatic heterocycles. The van der Waals surface area contributed by atoms with E-state index in [1.54, 1.807) is 13.8 Å². The van der Waals surface area contributed by atoms with E-state index in [4.69, 9.17) is 11.6 Å². The third-order valence-corrected chi connectivity index (χ3v) is 3.01. The fourth-order valence-corrected chi connectivity index (χ4v) is 2.12. The highest BCUT2D eigenvalue weighted by Crippen LogP contribution is 2.42. The molecule has 1 saturated carbocycles. The lowest BCUT2D eigenvalue weighted by molar-refractivity contribution is 0.0787. The zero-order valence-corrected chi connectivity index (χ0v) is 9.30. The van der Waals surface area contributed by atoms with Crippen LogP contribution in [0.5, 0.6) is 0 Å². The minimum absolute atomic E-state index is 0.682. The average Bonchev–Trinajstić information content (AvgIpc) is 2.83. The van der Waals surface area contributed by atoms with Crippen LogP contribution < -0.4 is 0 Å². The monoisotopic (exact) mass is 210 g/mol. The lowest BCUT2D eigenvalue weighted by atomic mass is 9.96. The highest BCUT2D eigenvalue weighted by atomic mass is 35.5. The molecule has 1 fully saturated rings. The van der Waals surface area contributed by atoms with E-state index < -0.39 is 5.60 Å². The van der Waals surface area contributed by atoms with Crippen molar-refractivity contribution in [3.63, 3.8) is 0 Å². The van der Waals surface area contributed by atoms with Gasteiger partial charge in [-0.3, -0.25) is 0 Å². The van der Waals surface area contributed by atoms with Gasteiger partial charge in [0.2, 0.25) is 0 Å². The maximum Gasteiger partial charge on any atom is 0.0854 e.